The number of amidine groups is 1. The molecule has 0 bridgehead atoms. The Hall–Kier alpha value is -0.990. The number of allylic oxidation sites excluding steroid dienone is 1. The Labute approximate surface area is 67.7 Å². The third kappa shape index (κ3) is 3.65. The highest BCUT2D eigenvalue weighted by Crippen LogP contribution is 2.24. The standard InChI is InChI=1S/C8H16N2O/c1-8(2,3)6(11-4)5-7(9)10/h5H,1-4H3,(H3,9,10)/b6-5-. The van der Waals surface area contributed by atoms with E-state index < -0.39 is 0 Å². The van der Waals surface area contributed by atoms with Crippen LogP contribution in [-0.4, -0.2) is 12.9 Å². The Morgan fingerprint density at radius 1 is 1.45 bits per heavy atom. The normalized spacial score (nSPS) is 12.9. The summed E-state index contributed by atoms with van der Waals surface area (Å²) < 4.78 is 5.07. The van der Waals surface area contributed by atoms with Crippen LogP contribution in [-0.2, 0) is 4.74 Å². The summed E-state index contributed by atoms with van der Waals surface area (Å²) in [6.07, 6.45) is 1.53. The smallest absolute Gasteiger partial charge is 0.118 e. The quantitative estimate of drug-likeness (QED) is 0.361. The number of nitrogens with one attached hydrogen (secondary N) is 1. The fourth-order valence-corrected chi connectivity index (χ4v) is 0.723. The molecule has 64 valence electrons. The lowest BCUT2D eigenvalue weighted by Gasteiger charge is -2.20. The SMILES string of the molecule is CO/C(=C\C(=N)N)C(C)(C)C. The van der Waals surface area contributed by atoms with E-state index in [0.717, 1.165) is 5.76 Å². The Balaban J connectivity index is 4.54. The van der Waals surface area contributed by atoms with E-state index in [1.807, 2.05) is 20.8 Å². The van der Waals surface area contributed by atoms with Crippen molar-refractivity contribution in [1.82, 2.24) is 0 Å². The first-order valence-corrected chi connectivity index (χ1v) is 3.48. The van der Waals surface area contributed by atoms with E-state index in [2.05, 4.69) is 0 Å². The fourth-order valence-electron chi connectivity index (χ4n) is 0.723. The van der Waals surface area contributed by atoms with Crippen LogP contribution in [0.25, 0.3) is 0 Å². The molecule has 0 fully saturated rings. The van der Waals surface area contributed by atoms with Gasteiger partial charge in [-0.3, -0.25) is 5.41 Å². The molecule has 0 amide bonds. The molecule has 0 atom stereocenters. The number of rotatable bonds is 2. The second-order valence-electron chi connectivity index (χ2n) is 3.42. The minimum Gasteiger partial charge on any atom is -0.500 e. The maximum absolute atomic E-state index is 7.03. The number of ether oxygens (including phenoxy) is 1. The fraction of sp³-hybridized carbons (Fsp3) is 0.625. The summed E-state index contributed by atoms with van der Waals surface area (Å²) >= 11 is 0. The molecule has 3 N–H and O–H groups in total. The number of nitrogens with two attached hydrogens (primary N) is 1. The highest BCUT2D eigenvalue weighted by Gasteiger charge is 2.17. The highest BCUT2D eigenvalue weighted by molar-refractivity contribution is 5.89. The first-order valence-electron chi connectivity index (χ1n) is 3.48. The Kier molecular flexibility index (Phi) is 3.11. The highest BCUT2D eigenvalue weighted by atomic mass is 16.5. The van der Waals surface area contributed by atoms with Crippen LogP contribution in [0.4, 0.5) is 0 Å². The molecule has 0 aromatic rings. The molecule has 0 unspecified atom stereocenters. The van der Waals surface area contributed by atoms with Crippen molar-refractivity contribution in [1.29, 1.82) is 5.41 Å². The summed E-state index contributed by atoms with van der Waals surface area (Å²) in [5.41, 5.74) is 5.11. The van der Waals surface area contributed by atoms with Gasteiger partial charge in [-0.15, -0.1) is 0 Å². The van der Waals surface area contributed by atoms with Crippen molar-refractivity contribution in [3.05, 3.63) is 11.8 Å². The molecule has 0 aliphatic heterocycles. The van der Waals surface area contributed by atoms with Crippen molar-refractivity contribution in [3.8, 4) is 0 Å². The third-order valence-corrected chi connectivity index (χ3v) is 1.25. The summed E-state index contributed by atoms with van der Waals surface area (Å²) in [5.74, 6) is 0.752. The summed E-state index contributed by atoms with van der Waals surface area (Å²) in [6.45, 7) is 6.02. The van der Waals surface area contributed by atoms with Crippen molar-refractivity contribution in [2.75, 3.05) is 7.11 Å². The van der Waals surface area contributed by atoms with Gasteiger partial charge in [0, 0.05) is 11.5 Å². The second kappa shape index (κ2) is 3.42. The van der Waals surface area contributed by atoms with E-state index in [9.17, 15) is 0 Å². The maximum Gasteiger partial charge on any atom is 0.118 e. The van der Waals surface area contributed by atoms with Gasteiger partial charge in [0.2, 0.25) is 0 Å². The molecular formula is C8H16N2O. The van der Waals surface area contributed by atoms with Crippen LogP contribution in [0.1, 0.15) is 20.8 Å². The van der Waals surface area contributed by atoms with Gasteiger partial charge in [-0.25, -0.2) is 0 Å². The lowest BCUT2D eigenvalue weighted by Crippen LogP contribution is -2.15. The molecule has 0 aromatic heterocycles. The van der Waals surface area contributed by atoms with Crippen molar-refractivity contribution in [2.45, 2.75) is 20.8 Å². The first kappa shape index (κ1) is 10.0. The Bertz CT molecular complexity index is 177. The van der Waals surface area contributed by atoms with Gasteiger partial charge in [0.05, 0.1) is 7.11 Å². The van der Waals surface area contributed by atoms with Crippen molar-refractivity contribution >= 4 is 5.84 Å². The number of hydrogen-bond acceptors (Lipinski definition) is 2. The third-order valence-electron chi connectivity index (χ3n) is 1.25. The minimum atomic E-state index is -0.0829. The van der Waals surface area contributed by atoms with Crippen LogP contribution in [0.15, 0.2) is 11.8 Å². The van der Waals surface area contributed by atoms with E-state index in [-0.39, 0.29) is 11.3 Å². The van der Waals surface area contributed by atoms with E-state index in [1.165, 1.54) is 6.08 Å². The van der Waals surface area contributed by atoms with Gasteiger partial charge in [-0.1, -0.05) is 20.8 Å². The molecular weight excluding hydrogens is 140 g/mol. The average molecular weight is 156 g/mol. The van der Waals surface area contributed by atoms with Crippen molar-refractivity contribution < 1.29 is 4.74 Å². The number of hydrogen-bond donors (Lipinski definition) is 2. The Morgan fingerprint density at radius 3 is 2.00 bits per heavy atom. The summed E-state index contributed by atoms with van der Waals surface area (Å²) in [7, 11) is 1.58. The van der Waals surface area contributed by atoms with E-state index in [0.29, 0.717) is 0 Å². The van der Waals surface area contributed by atoms with Gasteiger partial charge in [0.1, 0.15) is 11.6 Å². The summed E-state index contributed by atoms with van der Waals surface area (Å²) in [4.78, 5) is 0. The Morgan fingerprint density at radius 2 is 1.91 bits per heavy atom. The zero-order chi connectivity index (χ0) is 9.07. The molecule has 0 heterocycles. The largest absolute Gasteiger partial charge is 0.500 e. The molecule has 3 nitrogen and oxygen atoms in total. The topological polar surface area (TPSA) is 59.1 Å². The predicted octanol–water partition coefficient (Wildman–Crippen LogP) is 1.50. The second-order valence-corrected chi connectivity index (χ2v) is 3.42. The van der Waals surface area contributed by atoms with Gasteiger partial charge in [0.15, 0.2) is 0 Å². The average Bonchev–Trinajstić information content (AvgIpc) is 1.79. The molecule has 0 aliphatic carbocycles. The van der Waals surface area contributed by atoms with Crippen molar-refractivity contribution in [3.63, 3.8) is 0 Å². The zero-order valence-electron chi connectivity index (χ0n) is 7.56. The lowest BCUT2D eigenvalue weighted by atomic mass is 9.93. The van der Waals surface area contributed by atoms with Crippen LogP contribution >= 0.6 is 0 Å². The zero-order valence-corrected chi connectivity index (χ0v) is 7.56. The van der Waals surface area contributed by atoms with Gasteiger partial charge >= 0.3 is 0 Å². The molecule has 0 aromatic carbocycles. The van der Waals surface area contributed by atoms with Crippen LogP contribution in [0, 0.1) is 10.8 Å². The van der Waals surface area contributed by atoms with Crippen LogP contribution in [0.2, 0.25) is 0 Å². The van der Waals surface area contributed by atoms with E-state index in [4.69, 9.17) is 15.9 Å². The summed E-state index contributed by atoms with van der Waals surface area (Å²) in [6, 6.07) is 0. The molecule has 0 rings (SSSR count). The monoisotopic (exact) mass is 156 g/mol. The molecule has 0 saturated heterocycles. The molecule has 0 saturated carbocycles. The molecule has 0 spiro atoms. The first-order chi connectivity index (χ1) is 4.88. The molecule has 0 radical (unpaired) electrons. The maximum atomic E-state index is 7.03. The summed E-state index contributed by atoms with van der Waals surface area (Å²) in [5, 5.41) is 7.03. The van der Waals surface area contributed by atoms with Gasteiger partial charge in [-0.05, 0) is 0 Å². The van der Waals surface area contributed by atoms with Crippen LogP contribution in [0.3, 0.4) is 0 Å². The van der Waals surface area contributed by atoms with Crippen LogP contribution in [0.5, 0.6) is 0 Å². The predicted molar refractivity (Wildman–Crippen MR) is 46.5 cm³/mol. The molecule has 0 aliphatic rings. The van der Waals surface area contributed by atoms with Crippen LogP contribution < -0.4 is 5.73 Å². The lowest BCUT2D eigenvalue weighted by molar-refractivity contribution is 0.207. The molecule has 3 heteroatoms. The van der Waals surface area contributed by atoms with Gasteiger partial charge in [-0.2, -0.15) is 0 Å². The van der Waals surface area contributed by atoms with E-state index in [1.54, 1.807) is 7.11 Å². The van der Waals surface area contributed by atoms with Crippen molar-refractivity contribution in [2.24, 2.45) is 11.1 Å². The van der Waals surface area contributed by atoms with Gasteiger partial charge < -0.3 is 10.5 Å². The van der Waals surface area contributed by atoms with E-state index >= 15 is 0 Å². The van der Waals surface area contributed by atoms with Gasteiger partial charge in [0.25, 0.3) is 0 Å². The minimum absolute atomic E-state index is 0.0248. The molecule has 11 heavy (non-hydrogen) atoms. The number of methoxy groups -OCH3 is 1.